The van der Waals surface area contributed by atoms with Gasteiger partial charge in [-0.05, 0) is 0 Å². The molecular formula is C6H7N2NaO3. The number of carboxylic acid groups (broad SMARTS) is 1. The number of aliphatic imine (C=N–C) groups is 1. The number of hydroxylamine groups is 1. The first-order chi connectivity index (χ1) is 4.93. The van der Waals surface area contributed by atoms with Gasteiger partial charge in [-0.3, -0.25) is 0 Å². The Kier molecular flexibility index (Phi) is 3.44. The van der Waals surface area contributed by atoms with E-state index in [2.05, 4.69) is 4.99 Å². The van der Waals surface area contributed by atoms with Crippen molar-refractivity contribution >= 4 is 17.9 Å². The summed E-state index contributed by atoms with van der Waals surface area (Å²) in [5.74, 6) is -1.42. The molecule has 0 aromatic rings. The van der Waals surface area contributed by atoms with E-state index in [-0.39, 0.29) is 35.3 Å². The van der Waals surface area contributed by atoms with Crippen LogP contribution in [0.15, 0.2) is 4.99 Å². The molecule has 0 saturated heterocycles. The summed E-state index contributed by atoms with van der Waals surface area (Å²) in [7, 11) is 0. The maximum absolute atomic E-state index is 10.9. The molecule has 12 heavy (non-hydrogen) atoms. The summed E-state index contributed by atoms with van der Waals surface area (Å²) in [5, 5.41) is 21.1. The fourth-order valence-electron chi connectivity index (χ4n) is 0.740. The molecule has 0 atom stereocenters. The second-order valence-electron chi connectivity index (χ2n) is 2.73. The molecule has 0 spiro atoms. The second kappa shape index (κ2) is 3.55. The molecule has 0 aromatic heterocycles. The predicted octanol–water partition coefficient (Wildman–Crippen LogP) is -4.49. The van der Waals surface area contributed by atoms with E-state index in [1.807, 2.05) is 0 Å². The molecule has 0 radical (unpaired) electrons. The molecule has 0 amide bonds. The van der Waals surface area contributed by atoms with Crippen LogP contribution in [0.3, 0.4) is 0 Å². The predicted molar refractivity (Wildman–Crippen MR) is 36.2 cm³/mol. The van der Waals surface area contributed by atoms with Crippen LogP contribution < -0.4 is 34.7 Å². The van der Waals surface area contributed by atoms with Crippen molar-refractivity contribution in [2.24, 2.45) is 4.99 Å². The third-order valence-electron chi connectivity index (χ3n) is 1.38. The second-order valence-corrected chi connectivity index (χ2v) is 2.73. The maximum Gasteiger partial charge on any atom is 1.00 e. The van der Waals surface area contributed by atoms with E-state index in [9.17, 15) is 15.1 Å². The van der Waals surface area contributed by atoms with E-state index in [4.69, 9.17) is 0 Å². The van der Waals surface area contributed by atoms with Gasteiger partial charge in [0.25, 0.3) is 5.66 Å². The van der Waals surface area contributed by atoms with E-state index in [0.29, 0.717) is 4.74 Å². The average Bonchev–Trinajstić information content (AvgIpc) is 2.08. The number of carboxylic acids is 1. The first-order valence-corrected chi connectivity index (χ1v) is 3.06. The molecule has 0 fully saturated rings. The van der Waals surface area contributed by atoms with E-state index in [1.165, 1.54) is 13.8 Å². The quantitative estimate of drug-likeness (QED) is 0.231. The molecule has 0 aliphatic carbocycles. The van der Waals surface area contributed by atoms with Crippen molar-refractivity contribution in [2.75, 3.05) is 0 Å². The number of carbonyl (C=O) groups excluding carboxylic acids is 1. The van der Waals surface area contributed by atoms with E-state index < -0.39 is 11.6 Å². The molecule has 1 heterocycles. The van der Waals surface area contributed by atoms with Crippen molar-refractivity contribution < 1.29 is 44.2 Å². The SMILES string of the molecule is CC1(C)N=C(C(=O)[O-])C=[N+]1[O-].[Na+]. The number of hydrogen-bond donors (Lipinski definition) is 0. The van der Waals surface area contributed by atoms with Gasteiger partial charge in [-0.25, -0.2) is 4.99 Å². The van der Waals surface area contributed by atoms with E-state index in [1.54, 1.807) is 0 Å². The molecule has 0 N–H and O–H groups in total. The van der Waals surface area contributed by atoms with Crippen LogP contribution in [-0.2, 0) is 4.79 Å². The normalized spacial score (nSPS) is 19.2. The number of nitrogens with zero attached hydrogens (tertiary/aromatic N) is 2. The number of carbonyl (C=O) groups is 1. The summed E-state index contributed by atoms with van der Waals surface area (Å²) in [6.45, 7) is 3.04. The standard InChI is InChI=1S/C6H8N2O3.Na/c1-6(2)7-4(5(9)10)3-8(6)11;/h3H,1-2H3,(H,9,10);/q;+1/p-1. The summed E-state index contributed by atoms with van der Waals surface area (Å²) in [6.07, 6.45) is 0.912. The van der Waals surface area contributed by atoms with Crippen molar-refractivity contribution in [2.45, 2.75) is 19.5 Å². The van der Waals surface area contributed by atoms with Crippen LogP contribution in [-0.4, -0.2) is 28.3 Å². The van der Waals surface area contributed by atoms with E-state index >= 15 is 0 Å². The minimum Gasteiger partial charge on any atom is -0.622 e. The molecule has 1 aliphatic heterocycles. The zero-order chi connectivity index (χ0) is 8.65. The van der Waals surface area contributed by atoms with Crippen molar-refractivity contribution in [3.8, 4) is 0 Å². The number of aliphatic carboxylic acids is 1. The van der Waals surface area contributed by atoms with E-state index in [0.717, 1.165) is 6.21 Å². The number of rotatable bonds is 1. The van der Waals surface area contributed by atoms with Crippen LogP contribution in [0.4, 0.5) is 0 Å². The summed E-state index contributed by atoms with van der Waals surface area (Å²) >= 11 is 0. The molecule has 1 aliphatic rings. The Labute approximate surface area is 91.7 Å². The summed E-state index contributed by atoms with van der Waals surface area (Å²) in [5.41, 5.74) is -1.31. The minimum atomic E-state index is -1.42. The molecule has 5 nitrogen and oxygen atoms in total. The molecule has 0 aromatic carbocycles. The maximum atomic E-state index is 10.9. The van der Waals surface area contributed by atoms with Crippen molar-refractivity contribution in [3.05, 3.63) is 5.21 Å². The first-order valence-electron chi connectivity index (χ1n) is 3.06. The van der Waals surface area contributed by atoms with Gasteiger partial charge in [-0.15, -0.1) is 0 Å². The fraction of sp³-hybridized carbons (Fsp3) is 0.500. The fourth-order valence-corrected chi connectivity index (χ4v) is 0.740. The molecular weight excluding hydrogens is 171 g/mol. The van der Waals surface area contributed by atoms with Crippen molar-refractivity contribution in [3.63, 3.8) is 0 Å². The Morgan fingerprint density at radius 1 is 1.67 bits per heavy atom. The van der Waals surface area contributed by atoms with Gasteiger partial charge in [0.05, 0.1) is 5.97 Å². The molecule has 0 unspecified atom stereocenters. The van der Waals surface area contributed by atoms with Crippen molar-refractivity contribution in [1.29, 1.82) is 0 Å². The van der Waals surface area contributed by atoms with Crippen LogP contribution in [0, 0.1) is 5.21 Å². The van der Waals surface area contributed by atoms with Gasteiger partial charge in [0.1, 0.15) is 0 Å². The Bertz CT molecular complexity index is 270. The van der Waals surface area contributed by atoms with Gasteiger partial charge in [-0.2, -0.15) is 4.74 Å². The van der Waals surface area contributed by atoms with Gasteiger partial charge in [0.2, 0.25) is 6.21 Å². The molecule has 0 saturated carbocycles. The summed E-state index contributed by atoms with van der Waals surface area (Å²) in [6, 6.07) is 0. The zero-order valence-electron chi connectivity index (χ0n) is 7.20. The summed E-state index contributed by atoms with van der Waals surface area (Å²) < 4.78 is 0.484. The Morgan fingerprint density at radius 2 is 2.17 bits per heavy atom. The Morgan fingerprint density at radius 3 is 2.33 bits per heavy atom. The molecule has 60 valence electrons. The molecule has 6 heteroatoms. The third-order valence-corrected chi connectivity index (χ3v) is 1.38. The van der Waals surface area contributed by atoms with Crippen molar-refractivity contribution in [1.82, 2.24) is 0 Å². The summed E-state index contributed by atoms with van der Waals surface area (Å²) in [4.78, 5) is 13.8. The average molecular weight is 178 g/mol. The molecule has 0 bridgehead atoms. The minimum absolute atomic E-state index is 0. The Hall–Kier alpha value is -0.390. The van der Waals surface area contributed by atoms with Gasteiger partial charge < -0.3 is 15.1 Å². The largest absolute Gasteiger partial charge is 1.00 e. The topological polar surface area (TPSA) is 78.6 Å². The van der Waals surface area contributed by atoms with Crippen LogP contribution in [0.2, 0.25) is 0 Å². The van der Waals surface area contributed by atoms with Gasteiger partial charge in [-0.1, -0.05) is 0 Å². The van der Waals surface area contributed by atoms with Gasteiger partial charge in [0, 0.05) is 13.8 Å². The first kappa shape index (κ1) is 11.6. The third kappa shape index (κ3) is 2.06. The van der Waals surface area contributed by atoms with Crippen LogP contribution in [0.25, 0.3) is 0 Å². The smallest absolute Gasteiger partial charge is 0.622 e. The molecule has 1 rings (SSSR count). The number of hydrogen-bond acceptors (Lipinski definition) is 4. The monoisotopic (exact) mass is 178 g/mol. The zero-order valence-corrected chi connectivity index (χ0v) is 9.20. The van der Waals surface area contributed by atoms with Gasteiger partial charge >= 0.3 is 29.6 Å². The van der Waals surface area contributed by atoms with Gasteiger partial charge in [0.15, 0.2) is 5.71 Å². The van der Waals surface area contributed by atoms with Crippen LogP contribution in [0.1, 0.15) is 13.8 Å². The Balaban J connectivity index is 0.00000121. The van der Waals surface area contributed by atoms with Crippen LogP contribution in [0.5, 0.6) is 0 Å². The van der Waals surface area contributed by atoms with Crippen LogP contribution >= 0.6 is 0 Å².